The highest BCUT2D eigenvalue weighted by atomic mass is 32.2. The number of aromatic amines is 1. The number of hydrogen-bond acceptors (Lipinski definition) is 5. The van der Waals surface area contributed by atoms with Gasteiger partial charge in [0, 0.05) is 17.0 Å². The lowest BCUT2D eigenvalue weighted by Crippen LogP contribution is -2.14. The van der Waals surface area contributed by atoms with E-state index in [1.54, 1.807) is 36.4 Å². The first-order valence-electron chi connectivity index (χ1n) is 8.29. The maximum Gasteiger partial charge on any atom is 0.258 e. The van der Waals surface area contributed by atoms with Crippen molar-refractivity contribution in [1.29, 1.82) is 0 Å². The van der Waals surface area contributed by atoms with Crippen molar-refractivity contribution in [3.05, 3.63) is 69.5 Å². The van der Waals surface area contributed by atoms with Crippen molar-refractivity contribution in [3.8, 4) is 5.88 Å². The fourth-order valence-electron chi connectivity index (χ4n) is 2.94. The number of primary sulfonamides is 1. The minimum absolute atomic E-state index is 0.113. The zero-order valence-electron chi connectivity index (χ0n) is 14.6. The molecule has 4 N–H and O–H groups in total. The van der Waals surface area contributed by atoms with Crippen LogP contribution in [0.25, 0.3) is 10.8 Å². The molecule has 140 valence electrons. The number of nitrogens with zero attached hydrogens (tertiary/aromatic N) is 1. The van der Waals surface area contributed by atoms with Crippen LogP contribution in [0.1, 0.15) is 23.6 Å². The van der Waals surface area contributed by atoms with Gasteiger partial charge in [-0.3, -0.25) is 14.8 Å². The first kappa shape index (κ1) is 18.8. The van der Waals surface area contributed by atoms with Crippen LogP contribution in [0.3, 0.4) is 0 Å². The summed E-state index contributed by atoms with van der Waals surface area (Å²) in [5.41, 5.74) is 1.49. The second-order valence-corrected chi connectivity index (χ2v) is 7.60. The van der Waals surface area contributed by atoms with E-state index in [9.17, 15) is 18.3 Å². The second kappa shape index (κ2) is 7.34. The van der Waals surface area contributed by atoms with E-state index in [-0.39, 0.29) is 22.9 Å². The minimum Gasteiger partial charge on any atom is -0.494 e. The number of aryl methyl sites for hydroxylation is 1. The largest absolute Gasteiger partial charge is 0.494 e. The number of rotatable bonds is 5. The summed E-state index contributed by atoms with van der Waals surface area (Å²) in [5.74, 6) is -0.249. The van der Waals surface area contributed by atoms with Crippen LogP contribution in [0.4, 0.5) is 0 Å². The van der Waals surface area contributed by atoms with Gasteiger partial charge in [-0.25, -0.2) is 13.6 Å². The van der Waals surface area contributed by atoms with Crippen LogP contribution in [0, 0.1) is 0 Å². The topological polar surface area (TPSA) is 126 Å². The summed E-state index contributed by atoms with van der Waals surface area (Å²) in [5, 5.41) is 16.4. The molecule has 0 bridgehead atoms. The molecule has 0 spiro atoms. The quantitative estimate of drug-likeness (QED) is 0.581. The smallest absolute Gasteiger partial charge is 0.258 e. The molecule has 0 atom stereocenters. The Morgan fingerprint density at radius 1 is 1.19 bits per heavy atom. The summed E-state index contributed by atoms with van der Waals surface area (Å²) >= 11 is 0. The van der Waals surface area contributed by atoms with E-state index in [4.69, 9.17) is 5.14 Å². The molecule has 0 aliphatic carbocycles. The molecule has 7 nitrogen and oxygen atoms in total. The van der Waals surface area contributed by atoms with Crippen molar-refractivity contribution in [1.82, 2.24) is 4.98 Å². The lowest BCUT2D eigenvalue weighted by atomic mass is 10.1. The molecule has 0 aliphatic heterocycles. The average Bonchev–Trinajstić information content (AvgIpc) is 2.63. The maximum absolute atomic E-state index is 11.9. The van der Waals surface area contributed by atoms with E-state index in [1.807, 2.05) is 6.92 Å². The van der Waals surface area contributed by atoms with Crippen LogP contribution < -0.4 is 10.7 Å². The first-order valence-corrected chi connectivity index (χ1v) is 9.84. The molecule has 1 heterocycles. The number of fused-ring (bicyclic) bond motifs is 1. The molecule has 27 heavy (non-hydrogen) atoms. The van der Waals surface area contributed by atoms with Crippen LogP contribution >= 0.6 is 0 Å². The molecule has 3 aromatic rings. The van der Waals surface area contributed by atoms with Gasteiger partial charge >= 0.3 is 0 Å². The summed E-state index contributed by atoms with van der Waals surface area (Å²) in [6, 6.07) is 11.8. The number of aliphatic imine (C=N–C) groups is 1. The average molecular weight is 385 g/mol. The molecular formula is C19H19N3O4S. The van der Waals surface area contributed by atoms with Crippen molar-refractivity contribution >= 4 is 27.0 Å². The third kappa shape index (κ3) is 3.91. The minimum atomic E-state index is -3.77. The number of nitrogens with one attached hydrogen (secondary N) is 1. The van der Waals surface area contributed by atoms with Gasteiger partial charge in [-0.15, -0.1) is 0 Å². The lowest BCUT2D eigenvalue weighted by molar-refractivity contribution is 0.452. The Hall–Kier alpha value is -2.97. The standard InChI is InChI=1S/C19H19N3O4S/c1-2-13-9-12(7-8-17(13)27(20,25)26)10-21-11-16-14-5-3-4-6-15(14)18(23)22-19(16)24/h3-9,11H,2,10H2,1H3,(H2,20,25,26)(H2,22,23,24). The summed E-state index contributed by atoms with van der Waals surface area (Å²) in [4.78, 5) is 18.8. The van der Waals surface area contributed by atoms with Gasteiger partial charge in [-0.05, 0) is 29.7 Å². The monoisotopic (exact) mass is 385 g/mol. The third-order valence-electron chi connectivity index (χ3n) is 4.26. The number of aromatic hydroxyl groups is 1. The molecule has 0 unspecified atom stereocenters. The maximum atomic E-state index is 11.9. The summed E-state index contributed by atoms with van der Waals surface area (Å²) < 4.78 is 23.2. The van der Waals surface area contributed by atoms with Crippen LogP contribution in [0.5, 0.6) is 5.88 Å². The summed E-state index contributed by atoms with van der Waals surface area (Å²) in [7, 11) is -3.77. The van der Waals surface area contributed by atoms with E-state index in [0.29, 0.717) is 28.3 Å². The normalized spacial score (nSPS) is 12.1. The Kier molecular flexibility index (Phi) is 5.11. The van der Waals surface area contributed by atoms with Gasteiger partial charge in [0.2, 0.25) is 15.9 Å². The molecule has 0 saturated heterocycles. The highest BCUT2D eigenvalue weighted by Gasteiger charge is 2.13. The number of aromatic nitrogens is 1. The Bertz CT molecular complexity index is 1200. The lowest BCUT2D eigenvalue weighted by Gasteiger charge is -2.08. The second-order valence-electron chi connectivity index (χ2n) is 6.07. The van der Waals surface area contributed by atoms with Gasteiger partial charge in [0.05, 0.1) is 17.0 Å². The van der Waals surface area contributed by atoms with Crippen LogP contribution in [-0.2, 0) is 23.0 Å². The molecule has 0 aliphatic rings. The Labute approximate surface area is 156 Å². The molecular weight excluding hydrogens is 366 g/mol. The molecule has 0 radical (unpaired) electrons. The number of pyridine rings is 1. The SMILES string of the molecule is CCc1cc(CN=Cc2c(O)[nH]c(=O)c3ccccc23)ccc1S(N)(=O)=O. The molecule has 0 fully saturated rings. The van der Waals surface area contributed by atoms with Gasteiger partial charge in [0.15, 0.2) is 0 Å². The number of sulfonamides is 1. The van der Waals surface area contributed by atoms with E-state index in [0.717, 1.165) is 5.56 Å². The van der Waals surface area contributed by atoms with Gasteiger partial charge in [0.1, 0.15) is 0 Å². The molecule has 0 saturated carbocycles. The van der Waals surface area contributed by atoms with Crippen molar-refractivity contribution in [2.75, 3.05) is 0 Å². The Balaban J connectivity index is 1.93. The number of H-pyrrole nitrogens is 1. The fraction of sp³-hybridized carbons (Fsp3) is 0.158. The predicted octanol–water partition coefficient (Wildman–Crippen LogP) is 2.06. The first-order chi connectivity index (χ1) is 12.8. The highest BCUT2D eigenvalue weighted by molar-refractivity contribution is 7.89. The van der Waals surface area contributed by atoms with E-state index in [2.05, 4.69) is 9.98 Å². The van der Waals surface area contributed by atoms with Gasteiger partial charge in [0.25, 0.3) is 5.56 Å². The molecule has 1 aromatic heterocycles. The van der Waals surface area contributed by atoms with Crippen LogP contribution in [-0.4, -0.2) is 24.7 Å². The number of nitrogens with two attached hydrogens (primary N) is 1. The van der Waals surface area contributed by atoms with E-state index >= 15 is 0 Å². The fourth-order valence-corrected chi connectivity index (χ4v) is 3.77. The Morgan fingerprint density at radius 3 is 2.56 bits per heavy atom. The molecule has 3 rings (SSSR count). The zero-order valence-corrected chi connectivity index (χ0v) is 15.5. The third-order valence-corrected chi connectivity index (χ3v) is 5.27. The van der Waals surface area contributed by atoms with Crippen LogP contribution in [0.2, 0.25) is 0 Å². The molecule has 2 aromatic carbocycles. The highest BCUT2D eigenvalue weighted by Crippen LogP contribution is 2.21. The molecule has 0 amide bonds. The number of benzene rings is 2. The zero-order chi connectivity index (χ0) is 19.6. The summed E-state index contributed by atoms with van der Waals surface area (Å²) in [6.45, 7) is 2.13. The van der Waals surface area contributed by atoms with Crippen molar-refractivity contribution in [3.63, 3.8) is 0 Å². The van der Waals surface area contributed by atoms with Crippen LogP contribution in [0.15, 0.2) is 57.1 Å². The van der Waals surface area contributed by atoms with E-state index < -0.39 is 10.0 Å². The van der Waals surface area contributed by atoms with Gasteiger partial charge in [-0.2, -0.15) is 0 Å². The van der Waals surface area contributed by atoms with Gasteiger partial charge < -0.3 is 5.11 Å². The Morgan fingerprint density at radius 2 is 1.89 bits per heavy atom. The van der Waals surface area contributed by atoms with Crippen molar-refractivity contribution in [2.24, 2.45) is 10.1 Å². The van der Waals surface area contributed by atoms with Crippen molar-refractivity contribution < 1.29 is 13.5 Å². The van der Waals surface area contributed by atoms with Crippen molar-refractivity contribution in [2.45, 2.75) is 24.8 Å². The summed E-state index contributed by atoms with van der Waals surface area (Å²) in [6.07, 6.45) is 2.02. The molecule has 8 heteroatoms. The van der Waals surface area contributed by atoms with Gasteiger partial charge in [-0.1, -0.05) is 37.3 Å². The van der Waals surface area contributed by atoms with E-state index in [1.165, 1.54) is 12.3 Å². The number of hydrogen-bond donors (Lipinski definition) is 3. The predicted molar refractivity (Wildman–Crippen MR) is 105 cm³/mol.